The summed E-state index contributed by atoms with van der Waals surface area (Å²) in [6.07, 6.45) is -0.431. The molecule has 0 fully saturated rings. The number of carbonyl (C=O) groups is 1. The van der Waals surface area contributed by atoms with E-state index in [1.54, 1.807) is 4.57 Å². The van der Waals surface area contributed by atoms with Crippen LogP contribution in [0.4, 0.5) is 11.4 Å². The molecule has 0 saturated carbocycles. The average molecular weight is 488 g/mol. The number of para-hydroxylation sites is 1. The summed E-state index contributed by atoms with van der Waals surface area (Å²) in [7, 11) is 0. The second-order valence-electron chi connectivity index (χ2n) is 7.96. The second kappa shape index (κ2) is 11.3. The van der Waals surface area contributed by atoms with E-state index >= 15 is 0 Å². The number of aryl methyl sites for hydroxylation is 2. The number of H-pyrrole nitrogens is 2. The lowest BCUT2D eigenvalue weighted by atomic mass is 10.1. The van der Waals surface area contributed by atoms with Crippen molar-refractivity contribution in [3.63, 3.8) is 0 Å². The number of carboxylic acid groups (broad SMARTS) is 1. The summed E-state index contributed by atoms with van der Waals surface area (Å²) < 4.78 is 2.75. The Kier molecular flexibility index (Phi) is 8.43. The van der Waals surface area contributed by atoms with Crippen LogP contribution in [0.25, 0.3) is 5.69 Å². The lowest BCUT2D eigenvalue weighted by Gasteiger charge is -2.30. The van der Waals surface area contributed by atoms with Crippen molar-refractivity contribution in [1.29, 1.82) is 0 Å². The van der Waals surface area contributed by atoms with Crippen LogP contribution in [-0.2, 0) is 4.79 Å². The van der Waals surface area contributed by atoms with Gasteiger partial charge in [0.1, 0.15) is 0 Å². The molecule has 10 heteroatoms. The van der Waals surface area contributed by atoms with E-state index in [0.29, 0.717) is 22.6 Å². The Labute approximate surface area is 202 Å². The number of aromatic nitrogens is 3. The predicted octanol–water partition coefficient (Wildman–Crippen LogP) is 4.35. The quantitative estimate of drug-likeness (QED) is 0.202. The molecule has 33 heavy (non-hydrogen) atoms. The molecule has 0 spiro atoms. The van der Waals surface area contributed by atoms with Crippen LogP contribution in [-0.4, -0.2) is 56.7 Å². The maximum absolute atomic E-state index is 11.0. The molecular formula is C23H29N5O3S2. The number of nitrogens with zero attached hydrogens (tertiary/aromatic N) is 2. The molecule has 176 valence electrons. The fourth-order valence-electron chi connectivity index (χ4n) is 3.92. The van der Waals surface area contributed by atoms with Crippen LogP contribution in [0.15, 0.2) is 42.5 Å². The van der Waals surface area contributed by atoms with Crippen LogP contribution >= 0.6 is 24.4 Å². The van der Waals surface area contributed by atoms with Crippen molar-refractivity contribution in [2.75, 3.05) is 29.9 Å². The summed E-state index contributed by atoms with van der Waals surface area (Å²) in [5.74, 6) is -1.01. The fraction of sp³-hybridized carbons (Fsp3) is 0.348. The second-order valence-corrected chi connectivity index (χ2v) is 8.74. The summed E-state index contributed by atoms with van der Waals surface area (Å²) in [5.41, 5.74) is 5.03. The molecule has 0 saturated heterocycles. The van der Waals surface area contributed by atoms with Gasteiger partial charge in [0, 0.05) is 31.0 Å². The van der Waals surface area contributed by atoms with E-state index in [4.69, 9.17) is 29.5 Å². The predicted molar refractivity (Wildman–Crippen MR) is 136 cm³/mol. The van der Waals surface area contributed by atoms with E-state index in [1.165, 1.54) is 0 Å². The minimum absolute atomic E-state index is 0.261. The van der Waals surface area contributed by atoms with Gasteiger partial charge in [0.05, 0.1) is 18.2 Å². The number of nitrogens with one attached hydrogen (secondary N) is 3. The first kappa shape index (κ1) is 24.7. The molecule has 0 aliphatic rings. The van der Waals surface area contributed by atoms with Crippen LogP contribution in [0.5, 0.6) is 0 Å². The van der Waals surface area contributed by atoms with Crippen LogP contribution < -0.4 is 10.2 Å². The van der Waals surface area contributed by atoms with Gasteiger partial charge in [0.15, 0.2) is 9.54 Å². The Morgan fingerprint density at radius 1 is 1.12 bits per heavy atom. The van der Waals surface area contributed by atoms with Crippen LogP contribution in [0.2, 0.25) is 0 Å². The van der Waals surface area contributed by atoms with E-state index in [0.717, 1.165) is 34.6 Å². The largest absolute Gasteiger partial charge is 0.481 e. The molecule has 3 rings (SSSR count). The third-order valence-electron chi connectivity index (χ3n) is 5.32. The lowest BCUT2D eigenvalue weighted by Crippen LogP contribution is -2.36. The number of carboxylic acids is 1. The first-order valence-corrected chi connectivity index (χ1v) is 11.5. The number of aliphatic hydroxyl groups excluding tert-OH is 1. The Hall–Kier alpha value is -2.95. The highest BCUT2D eigenvalue weighted by molar-refractivity contribution is 7.72. The molecule has 1 aromatic heterocycles. The first-order chi connectivity index (χ1) is 15.8. The van der Waals surface area contributed by atoms with Crippen molar-refractivity contribution >= 4 is 41.8 Å². The minimum Gasteiger partial charge on any atom is -0.481 e. The van der Waals surface area contributed by atoms with Crippen LogP contribution in [0, 0.1) is 23.4 Å². The Bertz CT molecular complexity index is 1170. The summed E-state index contributed by atoms with van der Waals surface area (Å²) in [5, 5.41) is 28.4. The number of hydrogen-bond acceptors (Lipinski definition) is 6. The number of hydrogen-bond donors (Lipinski definition) is 5. The summed E-state index contributed by atoms with van der Waals surface area (Å²) in [6.45, 7) is 5.69. The third kappa shape index (κ3) is 6.53. The molecule has 1 atom stereocenters. The molecule has 0 bridgehead atoms. The first-order valence-electron chi connectivity index (χ1n) is 10.7. The lowest BCUT2D eigenvalue weighted by molar-refractivity contribution is -0.139. The monoisotopic (exact) mass is 487 g/mol. The normalized spacial score (nSPS) is 11.8. The Morgan fingerprint density at radius 2 is 1.76 bits per heavy atom. The SMILES string of the molecule is Cc1cccc(C)c1N(CCCNc1cccc(-n2c(=S)[nH][nH]c2=S)c1)CC(O)CC(=O)O. The van der Waals surface area contributed by atoms with Gasteiger partial charge in [-0.25, -0.2) is 0 Å². The maximum Gasteiger partial charge on any atom is 0.306 e. The molecule has 0 aliphatic carbocycles. The van der Waals surface area contributed by atoms with E-state index in [-0.39, 0.29) is 13.0 Å². The van der Waals surface area contributed by atoms with Crippen molar-refractivity contribution in [2.45, 2.75) is 32.8 Å². The minimum atomic E-state index is -1.01. The molecular weight excluding hydrogens is 458 g/mol. The Balaban J connectivity index is 1.67. The smallest absolute Gasteiger partial charge is 0.306 e. The zero-order valence-corrected chi connectivity index (χ0v) is 20.3. The van der Waals surface area contributed by atoms with Gasteiger partial charge in [-0.15, -0.1) is 0 Å². The summed E-state index contributed by atoms with van der Waals surface area (Å²) >= 11 is 10.6. The zero-order valence-electron chi connectivity index (χ0n) is 18.7. The van der Waals surface area contributed by atoms with Gasteiger partial charge < -0.3 is 20.4 Å². The van der Waals surface area contributed by atoms with E-state index in [2.05, 4.69) is 20.4 Å². The molecule has 0 amide bonds. The van der Waals surface area contributed by atoms with Crippen molar-refractivity contribution < 1.29 is 15.0 Å². The molecule has 5 N–H and O–H groups in total. The van der Waals surface area contributed by atoms with Gasteiger partial charge in [-0.2, -0.15) is 0 Å². The van der Waals surface area contributed by atoms with E-state index < -0.39 is 12.1 Å². The van der Waals surface area contributed by atoms with Crippen molar-refractivity contribution in [2.24, 2.45) is 0 Å². The van der Waals surface area contributed by atoms with Crippen molar-refractivity contribution in [3.8, 4) is 5.69 Å². The van der Waals surface area contributed by atoms with Gasteiger partial charge in [-0.1, -0.05) is 24.3 Å². The van der Waals surface area contributed by atoms with Gasteiger partial charge in [-0.3, -0.25) is 19.6 Å². The van der Waals surface area contributed by atoms with Crippen molar-refractivity contribution in [3.05, 3.63) is 63.1 Å². The number of benzene rings is 2. The van der Waals surface area contributed by atoms with Gasteiger partial charge >= 0.3 is 5.97 Å². The molecule has 1 heterocycles. The third-order valence-corrected chi connectivity index (χ3v) is 5.89. The maximum atomic E-state index is 11.0. The van der Waals surface area contributed by atoms with Gasteiger partial charge in [-0.05, 0) is 74.0 Å². The number of anilines is 2. The highest BCUT2D eigenvalue weighted by Crippen LogP contribution is 2.25. The number of rotatable bonds is 11. The number of aromatic amines is 2. The van der Waals surface area contributed by atoms with E-state index in [1.807, 2.05) is 56.3 Å². The van der Waals surface area contributed by atoms with Gasteiger partial charge in [0.2, 0.25) is 0 Å². The fourth-order valence-corrected chi connectivity index (χ4v) is 4.48. The highest BCUT2D eigenvalue weighted by Gasteiger charge is 2.18. The summed E-state index contributed by atoms with van der Waals surface area (Å²) in [4.78, 5) is 13.1. The summed E-state index contributed by atoms with van der Waals surface area (Å²) in [6, 6.07) is 13.9. The highest BCUT2D eigenvalue weighted by atomic mass is 32.1. The van der Waals surface area contributed by atoms with Crippen LogP contribution in [0.3, 0.4) is 0 Å². The standard InChI is InChI=1S/C23H29N5O3S2/c1-15-6-3-7-16(2)21(15)27(14-19(29)13-20(30)31)11-5-10-24-17-8-4-9-18(12-17)28-22(32)25-26-23(28)33/h3-4,6-9,12,19,24,29H,5,10-11,13-14H2,1-2H3,(H,25,32)(H,26,33)(H,30,31). The molecule has 3 aromatic rings. The molecule has 0 radical (unpaired) electrons. The van der Waals surface area contributed by atoms with E-state index in [9.17, 15) is 9.90 Å². The average Bonchev–Trinajstić information content (AvgIpc) is 3.08. The van der Waals surface area contributed by atoms with Crippen molar-refractivity contribution in [1.82, 2.24) is 14.8 Å². The molecule has 0 aliphatic heterocycles. The molecule has 1 unspecified atom stereocenters. The number of aliphatic carboxylic acids is 1. The van der Waals surface area contributed by atoms with Crippen LogP contribution in [0.1, 0.15) is 24.0 Å². The zero-order chi connectivity index (χ0) is 24.0. The Morgan fingerprint density at radius 3 is 2.39 bits per heavy atom. The topological polar surface area (TPSA) is 109 Å². The van der Waals surface area contributed by atoms with Gasteiger partial charge in [0.25, 0.3) is 0 Å². The molecule has 2 aromatic carbocycles. The molecule has 8 nitrogen and oxygen atoms in total. The number of aliphatic hydroxyl groups is 1.